The summed E-state index contributed by atoms with van der Waals surface area (Å²) in [5.74, 6) is -2.50. The summed E-state index contributed by atoms with van der Waals surface area (Å²) in [5.41, 5.74) is 5.32. The maximum absolute atomic E-state index is 12.7. The lowest BCUT2D eigenvalue weighted by Crippen LogP contribution is -2.37. The van der Waals surface area contributed by atoms with Crippen LogP contribution in [0.25, 0.3) is 22.7 Å². The third kappa shape index (κ3) is 3.46. The van der Waals surface area contributed by atoms with Crippen LogP contribution in [0, 0.1) is 11.3 Å². The maximum atomic E-state index is 12.7. The molecule has 0 fully saturated rings. The molecule has 0 radical (unpaired) electrons. The zero-order chi connectivity index (χ0) is 22.9. The molecule has 1 aromatic heterocycles. The van der Waals surface area contributed by atoms with Crippen LogP contribution >= 0.6 is 0 Å². The zero-order valence-corrected chi connectivity index (χ0v) is 17.6. The third-order valence-corrected chi connectivity index (χ3v) is 5.91. The summed E-state index contributed by atoms with van der Waals surface area (Å²) in [4.78, 5) is 25.7. The van der Waals surface area contributed by atoms with E-state index in [1.54, 1.807) is 6.07 Å². The molecule has 1 aliphatic rings. The highest BCUT2D eigenvalue weighted by atomic mass is 16.4. The minimum Gasteiger partial charge on any atom is -0.474 e. The molecule has 1 aliphatic heterocycles. The van der Waals surface area contributed by atoms with E-state index in [2.05, 4.69) is 6.07 Å². The van der Waals surface area contributed by atoms with Gasteiger partial charge in [-0.2, -0.15) is 5.26 Å². The van der Waals surface area contributed by atoms with Gasteiger partial charge in [0.2, 0.25) is 0 Å². The number of fused-ring (bicyclic) bond motifs is 3. The monoisotopic (exact) mass is 433 g/mol. The summed E-state index contributed by atoms with van der Waals surface area (Å²) in [5, 5.41) is 20.2. The van der Waals surface area contributed by atoms with E-state index in [0.29, 0.717) is 17.8 Å². The van der Waals surface area contributed by atoms with Crippen molar-refractivity contribution < 1.29 is 14.7 Å². The average Bonchev–Trinajstić information content (AvgIpc) is 3.16. The molecule has 1 amide bonds. The number of rotatable bonds is 3. The van der Waals surface area contributed by atoms with Crippen molar-refractivity contribution >= 4 is 34.6 Å². The van der Waals surface area contributed by atoms with Gasteiger partial charge in [-0.25, -0.2) is 4.79 Å². The number of carbonyl (C=O) groups is 2. The predicted octanol–water partition coefficient (Wildman–Crippen LogP) is 4.49. The normalized spacial score (nSPS) is 12.7. The Morgan fingerprint density at radius 2 is 1.64 bits per heavy atom. The third-order valence-electron chi connectivity index (χ3n) is 5.91. The van der Waals surface area contributed by atoms with E-state index in [0.717, 1.165) is 33.3 Å². The highest BCUT2D eigenvalue weighted by Crippen LogP contribution is 2.38. The topological polar surface area (TPSA) is 86.3 Å². The number of nitriles is 1. The van der Waals surface area contributed by atoms with Gasteiger partial charge < -0.3 is 9.67 Å². The van der Waals surface area contributed by atoms with E-state index in [1.165, 1.54) is 4.90 Å². The fourth-order valence-corrected chi connectivity index (χ4v) is 4.44. The smallest absolute Gasteiger partial charge is 0.394 e. The van der Waals surface area contributed by atoms with Crippen LogP contribution in [0.2, 0.25) is 0 Å². The summed E-state index contributed by atoms with van der Waals surface area (Å²) < 4.78 is 2.03. The van der Waals surface area contributed by atoms with Crippen molar-refractivity contribution in [1.29, 1.82) is 5.26 Å². The standard InChI is InChI=1S/C27H19N3O3/c28-15-20-12-7-13-21-22-14-23(19-10-5-2-6-11-19)30(26(31)27(32)33)17-24(22)29(25(20)21)16-18-8-3-1-4-9-18/h1-14H,16-17H2,(H,32,33). The molecular formula is C27H19N3O3. The van der Waals surface area contributed by atoms with Crippen molar-refractivity contribution in [2.24, 2.45) is 0 Å². The first-order valence-electron chi connectivity index (χ1n) is 10.5. The van der Waals surface area contributed by atoms with E-state index < -0.39 is 11.9 Å². The van der Waals surface area contributed by atoms with Crippen LogP contribution < -0.4 is 0 Å². The number of benzene rings is 3. The van der Waals surface area contributed by atoms with E-state index in [-0.39, 0.29) is 6.54 Å². The lowest BCUT2D eigenvalue weighted by atomic mass is 10.00. The second-order valence-electron chi connectivity index (χ2n) is 7.84. The Morgan fingerprint density at radius 3 is 2.30 bits per heavy atom. The van der Waals surface area contributed by atoms with E-state index in [4.69, 9.17) is 0 Å². The number of nitrogens with zero attached hydrogens (tertiary/aromatic N) is 3. The number of aromatic nitrogens is 1. The molecule has 4 aromatic rings. The minimum absolute atomic E-state index is 0.0908. The second-order valence-corrected chi connectivity index (χ2v) is 7.84. The number of carbonyl (C=O) groups excluding carboxylic acids is 1. The molecule has 3 aromatic carbocycles. The molecule has 0 bridgehead atoms. The van der Waals surface area contributed by atoms with Gasteiger partial charge in [0.05, 0.1) is 23.3 Å². The van der Waals surface area contributed by atoms with Crippen molar-refractivity contribution in [2.75, 3.05) is 0 Å². The number of hydrogen-bond acceptors (Lipinski definition) is 3. The molecule has 0 saturated heterocycles. The van der Waals surface area contributed by atoms with Gasteiger partial charge in [0.25, 0.3) is 0 Å². The van der Waals surface area contributed by atoms with Gasteiger partial charge >= 0.3 is 11.9 Å². The number of carboxylic acid groups (broad SMARTS) is 1. The summed E-state index contributed by atoms with van der Waals surface area (Å²) in [6.45, 7) is 0.586. The number of aliphatic carboxylic acids is 1. The first kappa shape index (κ1) is 20.3. The summed E-state index contributed by atoms with van der Waals surface area (Å²) in [7, 11) is 0. The molecule has 160 valence electrons. The quantitative estimate of drug-likeness (QED) is 0.483. The number of hydrogen-bond donors (Lipinski definition) is 1. The fourth-order valence-electron chi connectivity index (χ4n) is 4.44. The van der Waals surface area contributed by atoms with Crippen LogP contribution in [0.15, 0.2) is 78.9 Å². The molecule has 0 aliphatic carbocycles. The maximum Gasteiger partial charge on any atom is 0.394 e. The molecule has 2 heterocycles. The highest BCUT2D eigenvalue weighted by molar-refractivity contribution is 6.33. The summed E-state index contributed by atoms with van der Waals surface area (Å²) >= 11 is 0. The number of carboxylic acids is 1. The molecule has 1 N–H and O–H groups in total. The van der Waals surface area contributed by atoms with Crippen molar-refractivity contribution in [2.45, 2.75) is 13.1 Å². The Bertz CT molecular complexity index is 1460. The summed E-state index contributed by atoms with van der Waals surface area (Å²) in [6, 6.07) is 27.0. The van der Waals surface area contributed by atoms with Gasteiger partial charge in [0, 0.05) is 23.2 Å². The Kier molecular flexibility index (Phi) is 5.00. The molecular weight excluding hydrogens is 414 g/mol. The van der Waals surface area contributed by atoms with Crippen LogP contribution in [0.1, 0.15) is 27.9 Å². The summed E-state index contributed by atoms with van der Waals surface area (Å²) in [6.07, 6.45) is 1.86. The van der Waals surface area contributed by atoms with Crippen molar-refractivity contribution in [3.05, 3.63) is 107 Å². The molecule has 5 rings (SSSR count). The lowest BCUT2D eigenvalue weighted by molar-refractivity contribution is -0.154. The van der Waals surface area contributed by atoms with Crippen LogP contribution in [0.3, 0.4) is 0 Å². The first-order valence-corrected chi connectivity index (χ1v) is 10.5. The van der Waals surface area contributed by atoms with Crippen LogP contribution in [-0.4, -0.2) is 26.5 Å². The van der Waals surface area contributed by atoms with Gasteiger partial charge in [0.15, 0.2) is 0 Å². The molecule has 0 spiro atoms. The van der Waals surface area contributed by atoms with Crippen molar-refractivity contribution in [3.63, 3.8) is 0 Å². The van der Waals surface area contributed by atoms with Gasteiger partial charge in [0.1, 0.15) is 6.07 Å². The average molecular weight is 433 g/mol. The van der Waals surface area contributed by atoms with Crippen LogP contribution in [0.4, 0.5) is 0 Å². The minimum atomic E-state index is -1.51. The van der Waals surface area contributed by atoms with E-state index >= 15 is 0 Å². The predicted molar refractivity (Wildman–Crippen MR) is 125 cm³/mol. The second kappa shape index (κ2) is 8.13. The Hall–Kier alpha value is -4.63. The molecule has 6 heteroatoms. The Morgan fingerprint density at radius 1 is 0.939 bits per heavy atom. The zero-order valence-electron chi connectivity index (χ0n) is 17.6. The fraction of sp³-hybridized carbons (Fsp3) is 0.0741. The lowest BCUT2D eigenvalue weighted by Gasteiger charge is -2.29. The molecule has 33 heavy (non-hydrogen) atoms. The SMILES string of the molecule is N#Cc1cccc2c3c(n(Cc4ccccc4)c12)CN(C(=O)C(=O)O)C(c1ccccc1)=C3. The first-order chi connectivity index (χ1) is 16.1. The van der Waals surface area contributed by atoms with Crippen LogP contribution in [0.5, 0.6) is 0 Å². The molecule has 0 unspecified atom stereocenters. The van der Waals surface area contributed by atoms with E-state index in [1.807, 2.05) is 83.4 Å². The van der Waals surface area contributed by atoms with Crippen molar-refractivity contribution in [1.82, 2.24) is 9.47 Å². The van der Waals surface area contributed by atoms with Gasteiger partial charge in [-0.3, -0.25) is 9.69 Å². The number of amides is 1. The van der Waals surface area contributed by atoms with Gasteiger partial charge in [-0.05, 0) is 23.3 Å². The molecule has 0 atom stereocenters. The van der Waals surface area contributed by atoms with Gasteiger partial charge in [-0.15, -0.1) is 0 Å². The van der Waals surface area contributed by atoms with Crippen molar-refractivity contribution in [3.8, 4) is 6.07 Å². The number of para-hydroxylation sites is 1. The molecule has 6 nitrogen and oxygen atoms in total. The Labute approximate surface area is 190 Å². The Balaban J connectivity index is 1.79. The van der Waals surface area contributed by atoms with Crippen LogP contribution in [-0.2, 0) is 22.7 Å². The highest BCUT2D eigenvalue weighted by Gasteiger charge is 2.32. The van der Waals surface area contributed by atoms with Gasteiger partial charge in [-0.1, -0.05) is 72.8 Å². The largest absolute Gasteiger partial charge is 0.474 e. The molecule has 0 saturated carbocycles. The van der Waals surface area contributed by atoms with E-state index in [9.17, 15) is 20.0 Å².